The van der Waals surface area contributed by atoms with Crippen molar-refractivity contribution in [3.05, 3.63) is 36.4 Å². The second-order valence-electron chi connectivity index (χ2n) is 6.33. The Kier molecular flexibility index (Phi) is 4.83. The molecule has 2 heterocycles. The van der Waals surface area contributed by atoms with E-state index in [1.165, 1.54) is 0 Å². The Bertz CT molecular complexity index is 531. The van der Waals surface area contributed by atoms with Crippen molar-refractivity contribution in [3.63, 3.8) is 0 Å². The highest BCUT2D eigenvalue weighted by Crippen LogP contribution is 2.23. The summed E-state index contributed by atoms with van der Waals surface area (Å²) in [7, 11) is 2.09. The van der Waals surface area contributed by atoms with Crippen LogP contribution in [0.25, 0.3) is 0 Å². The van der Waals surface area contributed by atoms with Crippen LogP contribution in [0, 0.1) is 5.92 Å². The number of likely N-dealkylation sites (tertiary alicyclic amines) is 1. The van der Waals surface area contributed by atoms with Crippen molar-refractivity contribution in [1.82, 2.24) is 19.8 Å². The molecule has 2 atom stereocenters. The van der Waals surface area contributed by atoms with Gasteiger partial charge in [-0.15, -0.1) is 0 Å². The normalized spacial score (nSPS) is 24.4. The molecule has 0 N–H and O–H groups in total. The highest BCUT2D eigenvalue weighted by molar-refractivity contribution is 5.77. The minimum atomic E-state index is 0.309. The third kappa shape index (κ3) is 3.71. The molecule has 1 fully saturated rings. The predicted molar refractivity (Wildman–Crippen MR) is 85.0 cm³/mol. The summed E-state index contributed by atoms with van der Waals surface area (Å²) in [5.41, 5.74) is 0. The molecule has 22 heavy (non-hydrogen) atoms. The van der Waals surface area contributed by atoms with E-state index >= 15 is 0 Å². The molecule has 0 saturated carbocycles. The van der Waals surface area contributed by atoms with E-state index in [0.717, 1.165) is 44.7 Å². The molecule has 1 aromatic heterocycles. The summed E-state index contributed by atoms with van der Waals surface area (Å²) in [5.74, 6) is 1.61. The zero-order chi connectivity index (χ0) is 15.4. The smallest absolute Gasteiger partial charge is 0.223 e. The number of hydrogen-bond acceptors (Lipinski definition) is 4. The van der Waals surface area contributed by atoms with E-state index in [-0.39, 0.29) is 0 Å². The Hall–Kier alpha value is -1.75. The lowest BCUT2D eigenvalue weighted by Gasteiger charge is -2.24. The molecule has 1 amide bonds. The molecular weight excluding hydrogens is 276 g/mol. The number of likely N-dealkylation sites (N-methyl/N-ethyl adjacent to an activating group) is 1. The fourth-order valence-corrected chi connectivity index (χ4v) is 3.31. The molecule has 0 unspecified atom stereocenters. The van der Waals surface area contributed by atoms with Crippen molar-refractivity contribution in [2.45, 2.75) is 38.3 Å². The molecule has 5 nitrogen and oxygen atoms in total. The third-order valence-corrected chi connectivity index (χ3v) is 4.70. The number of allylic oxidation sites excluding steroid dienone is 2. The molecule has 1 saturated heterocycles. The highest BCUT2D eigenvalue weighted by Gasteiger charge is 2.30. The number of aromatic nitrogens is 2. The van der Waals surface area contributed by atoms with Crippen LogP contribution in [-0.2, 0) is 11.3 Å². The molecule has 1 aliphatic heterocycles. The van der Waals surface area contributed by atoms with Crippen LogP contribution >= 0.6 is 0 Å². The largest absolute Gasteiger partial charge is 0.341 e. The quantitative estimate of drug-likeness (QED) is 0.779. The van der Waals surface area contributed by atoms with Crippen molar-refractivity contribution in [2.24, 2.45) is 5.92 Å². The van der Waals surface area contributed by atoms with Crippen molar-refractivity contribution in [3.8, 4) is 0 Å². The average molecular weight is 300 g/mol. The minimum absolute atomic E-state index is 0.309. The SMILES string of the molecule is CN(Cc1ncccn1)[C@H]1CCN(C(=O)C[C@@H]2C=CCC2)C1. The van der Waals surface area contributed by atoms with Gasteiger partial charge in [0.25, 0.3) is 0 Å². The summed E-state index contributed by atoms with van der Waals surface area (Å²) >= 11 is 0. The van der Waals surface area contributed by atoms with Crippen molar-refractivity contribution >= 4 is 5.91 Å². The van der Waals surface area contributed by atoms with Gasteiger partial charge >= 0.3 is 0 Å². The topological polar surface area (TPSA) is 49.3 Å². The van der Waals surface area contributed by atoms with Crippen LogP contribution in [-0.4, -0.2) is 51.9 Å². The zero-order valence-corrected chi connectivity index (χ0v) is 13.2. The first kappa shape index (κ1) is 15.2. The van der Waals surface area contributed by atoms with Crippen LogP contribution in [0.5, 0.6) is 0 Å². The Morgan fingerprint density at radius 3 is 2.91 bits per heavy atom. The number of carbonyl (C=O) groups is 1. The van der Waals surface area contributed by atoms with Crippen molar-refractivity contribution in [1.29, 1.82) is 0 Å². The van der Waals surface area contributed by atoms with E-state index in [1.54, 1.807) is 12.4 Å². The summed E-state index contributed by atoms with van der Waals surface area (Å²) in [5, 5.41) is 0. The molecular formula is C17H24N4O. The first-order valence-electron chi connectivity index (χ1n) is 8.13. The molecule has 118 valence electrons. The van der Waals surface area contributed by atoms with Gasteiger partial charge in [0, 0.05) is 37.9 Å². The van der Waals surface area contributed by atoms with E-state index in [1.807, 2.05) is 11.0 Å². The van der Waals surface area contributed by atoms with Gasteiger partial charge in [0.05, 0.1) is 6.54 Å². The maximum absolute atomic E-state index is 12.4. The fraction of sp³-hybridized carbons (Fsp3) is 0.588. The first-order valence-corrected chi connectivity index (χ1v) is 8.13. The van der Waals surface area contributed by atoms with Gasteiger partial charge in [0.2, 0.25) is 5.91 Å². The van der Waals surface area contributed by atoms with Crippen LogP contribution in [0.15, 0.2) is 30.6 Å². The van der Waals surface area contributed by atoms with Gasteiger partial charge in [0.1, 0.15) is 5.82 Å². The summed E-state index contributed by atoms with van der Waals surface area (Å²) < 4.78 is 0. The maximum Gasteiger partial charge on any atom is 0.223 e. The molecule has 2 aliphatic rings. The lowest BCUT2D eigenvalue weighted by atomic mass is 10.0. The number of nitrogens with zero attached hydrogens (tertiary/aromatic N) is 4. The van der Waals surface area contributed by atoms with E-state index in [0.29, 0.717) is 24.3 Å². The van der Waals surface area contributed by atoms with Gasteiger partial charge in [-0.3, -0.25) is 9.69 Å². The van der Waals surface area contributed by atoms with Crippen LogP contribution in [0.3, 0.4) is 0 Å². The lowest BCUT2D eigenvalue weighted by Crippen LogP contribution is -2.36. The second-order valence-corrected chi connectivity index (χ2v) is 6.33. The number of rotatable bonds is 5. The molecule has 3 rings (SSSR count). The summed E-state index contributed by atoms with van der Waals surface area (Å²) in [4.78, 5) is 25.2. The van der Waals surface area contributed by atoms with Crippen LogP contribution in [0.2, 0.25) is 0 Å². The van der Waals surface area contributed by atoms with Crippen molar-refractivity contribution < 1.29 is 4.79 Å². The molecule has 5 heteroatoms. The minimum Gasteiger partial charge on any atom is -0.341 e. The zero-order valence-electron chi connectivity index (χ0n) is 13.2. The third-order valence-electron chi connectivity index (χ3n) is 4.70. The standard InChI is InChI=1S/C17H24N4O/c1-20(13-16-18-8-4-9-19-16)15-7-10-21(12-15)17(22)11-14-5-2-3-6-14/h2,4-5,8-9,14-15H,3,6-7,10-13H2,1H3/t14-,15+/m1/s1. The van der Waals surface area contributed by atoms with Gasteiger partial charge in [-0.2, -0.15) is 0 Å². The Labute approximate surface area is 132 Å². The van der Waals surface area contributed by atoms with E-state index in [9.17, 15) is 4.79 Å². The molecule has 0 bridgehead atoms. The first-order chi connectivity index (χ1) is 10.7. The summed E-state index contributed by atoms with van der Waals surface area (Å²) in [6.07, 6.45) is 11.9. The molecule has 1 aromatic rings. The summed E-state index contributed by atoms with van der Waals surface area (Å²) in [6, 6.07) is 2.24. The second kappa shape index (κ2) is 7.01. The molecule has 0 radical (unpaired) electrons. The fourth-order valence-electron chi connectivity index (χ4n) is 3.31. The monoisotopic (exact) mass is 300 g/mol. The van der Waals surface area contributed by atoms with Crippen LogP contribution in [0.4, 0.5) is 0 Å². The van der Waals surface area contributed by atoms with Gasteiger partial charge in [-0.05, 0) is 38.3 Å². The Balaban J connectivity index is 1.48. The Morgan fingerprint density at radius 1 is 1.36 bits per heavy atom. The highest BCUT2D eigenvalue weighted by atomic mass is 16.2. The van der Waals surface area contributed by atoms with E-state index in [4.69, 9.17) is 0 Å². The average Bonchev–Trinajstić information content (AvgIpc) is 3.19. The van der Waals surface area contributed by atoms with Gasteiger partial charge < -0.3 is 4.90 Å². The maximum atomic E-state index is 12.4. The van der Waals surface area contributed by atoms with Crippen LogP contribution < -0.4 is 0 Å². The molecule has 0 aromatic carbocycles. The van der Waals surface area contributed by atoms with Gasteiger partial charge in [-0.25, -0.2) is 9.97 Å². The van der Waals surface area contributed by atoms with Gasteiger partial charge in [0.15, 0.2) is 0 Å². The Morgan fingerprint density at radius 2 is 2.18 bits per heavy atom. The number of amides is 1. The number of carbonyl (C=O) groups excluding carboxylic acids is 1. The molecule has 0 spiro atoms. The van der Waals surface area contributed by atoms with E-state index < -0.39 is 0 Å². The van der Waals surface area contributed by atoms with Gasteiger partial charge in [-0.1, -0.05) is 12.2 Å². The van der Waals surface area contributed by atoms with Crippen molar-refractivity contribution in [2.75, 3.05) is 20.1 Å². The summed E-state index contributed by atoms with van der Waals surface area (Å²) in [6.45, 7) is 2.44. The lowest BCUT2D eigenvalue weighted by molar-refractivity contribution is -0.131. The number of hydrogen-bond donors (Lipinski definition) is 0. The van der Waals surface area contributed by atoms with Crippen LogP contribution in [0.1, 0.15) is 31.5 Å². The predicted octanol–water partition coefficient (Wildman–Crippen LogP) is 1.87. The molecule has 1 aliphatic carbocycles. The van der Waals surface area contributed by atoms with E-state index in [2.05, 4.69) is 34.1 Å².